The molecule has 1 fully saturated rings. The van der Waals surface area contributed by atoms with Gasteiger partial charge in [0.2, 0.25) is 11.8 Å². The van der Waals surface area contributed by atoms with Crippen molar-refractivity contribution in [3.8, 4) is 0 Å². The predicted octanol–water partition coefficient (Wildman–Crippen LogP) is 0.791. The Labute approximate surface area is 104 Å². The number of aromatic nitrogens is 3. The molecule has 0 radical (unpaired) electrons. The smallest absolute Gasteiger partial charge is 0.288 e. The number of hydrogen-bond acceptors (Lipinski definition) is 5. The number of anilines is 1. The fourth-order valence-corrected chi connectivity index (χ4v) is 3.23. The molecule has 2 rings (SSSR count). The summed E-state index contributed by atoms with van der Waals surface area (Å²) in [6, 6.07) is 0.248. The number of nitrogens with one attached hydrogen (secondary N) is 2. The first-order valence-electron chi connectivity index (χ1n) is 5.79. The van der Waals surface area contributed by atoms with Crippen LogP contribution in [0.3, 0.4) is 0 Å². The van der Waals surface area contributed by atoms with Gasteiger partial charge in [-0.1, -0.05) is 6.92 Å². The number of nitrogens with two attached hydrogens (primary N) is 1. The largest absolute Gasteiger partial charge is 0.366 e. The van der Waals surface area contributed by atoms with Gasteiger partial charge in [-0.2, -0.15) is 16.7 Å². The van der Waals surface area contributed by atoms with Gasteiger partial charge in [-0.25, -0.2) is 0 Å². The number of carbonyl (C=O) groups excluding carboxylic acids is 1. The molecule has 2 unspecified atom stereocenters. The highest BCUT2D eigenvalue weighted by Crippen LogP contribution is 2.29. The minimum Gasteiger partial charge on any atom is -0.366 e. The number of rotatable bonds is 4. The zero-order chi connectivity index (χ0) is 12.3. The van der Waals surface area contributed by atoms with Crippen molar-refractivity contribution in [2.45, 2.75) is 37.5 Å². The highest BCUT2D eigenvalue weighted by molar-refractivity contribution is 7.99. The van der Waals surface area contributed by atoms with Crippen molar-refractivity contribution >= 4 is 23.6 Å². The zero-order valence-electron chi connectivity index (χ0n) is 9.77. The summed E-state index contributed by atoms with van der Waals surface area (Å²) >= 11 is 1.96. The first kappa shape index (κ1) is 12.2. The van der Waals surface area contributed by atoms with Crippen LogP contribution in [0.15, 0.2) is 0 Å². The van der Waals surface area contributed by atoms with Crippen molar-refractivity contribution in [1.82, 2.24) is 20.5 Å². The van der Waals surface area contributed by atoms with Crippen LogP contribution >= 0.6 is 11.8 Å². The molecule has 0 spiro atoms. The fraction of sp³-hybridized carbons (Fsp3) is 0.700. The summed E-state index contributed by atoms with van der Waals surface area (Å²) in [6.45, 7) is 2.16. The third-order valence-corrected chi connectivity index (χ3v) is 4.07. The topological polar surface area (TPSA) is 96.7 Å². The van der Waals surface area contributed by atoms with E-state index in [2.05, 4.69) is 27.4 Å². The lowest BCUT2D eigenvalue weighted by atomic mass is 10.2. The lowest BCUT2D eigenvalue weighted by molar-refractivity contribution is 0.0928. The maximum absolute atomic E-state index is 11.8. The van der Waals surface area contributed by atoms with Crippen molar-refractivity contribution in [2.24, 2.45) is 0 Å². The van der Waals surface area contributed by atoms with Gasteiger partial charge >= 0.3 is 0 Å². The van der Waals surface area contributed by atoms with Crippen molar-refractivity contribution in [1.29, 1.82) is 0 Å². The first-order valence-corrected chi connectivity index (χ1v) is 6.84. The Morgan fingerprint density at radius 3 is 3.12 bits per heavy atom. The number of nitrogens with zero attached hydrogens (tertiary/aromatic N) is 2. The van der Waals surface area contributed by atoms with E-state index in [1.54, 1.807) is 0 Å². The number of H-pyrrole nitrogens is 1. The Bertz CT molecular complexity index is 394. The summed E-state index contributed by atoms with van der Waals surface area (Å²) in [4.78, 5) is 15.6. The van der Waals surface area contributed by atoms with Gasteiger partial charge in [0.15, 0.2) is 0 Å². The van der Waals surface area contributed by atoms with Crippen molar-refractivity contribution in [2.75, 3.05) is 11.5 Å². The summed E-state index contributed by atoms with van der Waals surface area (Å²) < 4.78 is 0. The fourth-order valence-electron chi connectivity index (χ4n) is 2.09. The second kappa shape index (κ2) is 5.39. The maximum atomic E-state index is 11.8. The molecule has 1 heterocycles. The van der Waals surface area contributed by atoms with Gasteiger partial charge in [0.05, 0.1) is 0 Å². The summed E-state index contributed by atoms with van der Waals surface area (Å²) in [5.41, 5.74) is 5.35. The van der Waals surface area contributed by atoms with Crippen LogP contribution < -0.4 is 11.1 Å². The lowest BCUT2D eigenvalue weighted by Crippen LogP contribution is -2.33. The van der Waals surface area contributed by atoms with Gasteiger partial charge in [0.1, 0.15) is 0 Å². The summed E-state index contributed by atoms with van der Waals surface area (Å²) in [7, 11) is 0. The van der Waals surface area contributed by atoms with Crippen molar-refractivity contribution in [3.05, 3.63) is 5.82 Å². The molecule has 0 bridgehead atoms. The summed E-state index contributed by atoms with van der Waals surface area (Å²) in [6.07, 6.45) is 3.24. The van der Waals surface area contributed by atoms with Crippen LogP contribution in [0, 0.1) is 0 Å². The highest BCUT2D eigenvalue weighted by Gasteiger charge is 2.26. The first-order chi connectivity index (χ1) is 8.19. The molecule has 7 heteroatoms. The van der Waals surface area contributed by atoms with Crippen molar-refractivity contribution in [3.63, 3.8) is 0 Å². The van der Waals surface area contributed by atoms with Gasteiger partial charge in [-0.15, -0.1) is 5.10 Å². The Balaban J connectivity index is 1.84. The number of aromatic amines is 1. The molecule has 17 heavy (non-hydrogen) atoms. The standard InChI is InChI=1S/C10H17N5OS/c1-2-17-7-4-3-6(5-7)12-9(16)8-13-10(11)15-14-8/h6-7H,2-5H2,1H3,(H,12,16)(H3,11,13,14,15). The third-order valence-electron chi connectivity index (χ3n) is 2.84. The van der Waals surface area contributed by atoms with Gasteiger partial charge in [-0.05, 0) is 25.0 Å². The molecule has 2 atom stereocenters. The van der Waals surface area contributed by atoms with E-state index in [1.165, 1.54) is 6.42 Å². The molecule has 4 N–H and O–H groups in total. The predicted molar refractivity (Wildman–Crippen MR) is 67.8 cm³/mol. The van der Waals surface area contributed by atoms with Gasteiger partial charge in [0.25, 0.3) is 5.91 Å². The van der Waals surface area contributed by atoms with E-state index in [-0.39, 0.29) is 23.7 Å². The molecule has 0 saturated heterocycles. The molecule has 1 aromatic heterocycles. The van der Waals surface area contributed by atoms with Crippen LogP contribution in [0.1, 0.15) is 36.8 Å². The van der Waals surface area contributed by atoms with E-state index in [1.807, 2.05) is 11.8 Å². The average Bonchev–Trinajstić information content (AvgIpc) is 2.88. The summed E-state index contributed by atoms with van der Waals surface area (Å²) in [5, 5.41) is 9.77. The number of hydrogen-bond donors (Lipinski definition) is 3. The quantitative estimate of drug-likeness (QED) is 0.739. The molecule has 1 saturated carbocycles. The van der Waals surface area contributed by atoms with Crippen LogP contribution in [0.5, 0.6) is 0 Å². The lowest BCUT2D eigenvalue weighted by Gasteiger charge is -2.11. The molecule has 0 aromatic carbocycles. The Morgan fingerprint density at radius 1 is 1.65 bits per heavy atom. The molecular weight excluding hydrogens is 238 g/mol. The normalized spacial score (nSPS) is 23.8. The number of nitrogen functional groups attached to an aromatic ring is 1. The van der Waals surface area contributed by atoms with E-state index in [0.717, 1.165) is 18.6 Å². The molecule has 1 aromatic rings. The zero-order valence-corrected chi connectivity index (χ0v) is 10.6. The molecule has 1 amide bonds. The van der Waals surface area contributed by atoms with Crippen molar-refractivity contribution < 1.29 is 4.79 Å². The van der Waals surface area contributed by atoms with E-state index < -0.39 is 0 Å². The third kappa shape index (κ3) is 3.12. The second-order valence-electron chi connectivity index (χ2n) is 4.10. The molecule has 1 aliphatic rings. The van der Waals surface area contributed by atoms with Crippen LogP contribution in [-0.4, -0.2) is 38.1 Å². The molecule has 6 nitrogen and oxygen atoms in total. The minimum absolute atomic E-state index is 0.0981. The van der Waals surface area contributed by atoms with Crippen LogP contribution in [0.2, 0.25) is 0 Å². The minimum atomic E-state index is -0.221. The molecular formula is C10H17N5OS. The van der Waals surface area contributed by atoms with Gasteiger partial charge < -0.3 is 11.1 Å². The van der Waals surface area contributed by atoms with Crippen LogP contribution in [0.4, 0.5) is 5.95 Å². The van der Waals surface area contributed by atoms with E-state index >= 15 is 0 Å². The monoisotopic (exact) mass is 255 g/mol. The van der Waals surface area contributed by atoms with Gasteiger partial charge in [-0.3, -0.25) is 9.89 Å². The number of amides is 1. The Morgan fingerprint density at radius 2 is 2.47 bits per heavy atom. The maximum Gasteiger partial charge on any atom is 0.288 e. The SMILES string of the molecule is CCSC1CCC(NC(=O)c2nc(N)n[nH]2)C1. The van der Waals surface area contributed by atoms with E-state index in [4.69, 9.17) is 5.73 Å². The number of thioether (sulfide) groups is 1. The second-order valence-corrected chi connectivity index (χ2v) is 5.68. The van der Waals surface area contributed by atoms with E-state index in [9.17, 15) is 4.79 Å². The highest BCUT2D eigenvalue weighted by atomic mass is 32.2. The van der Waals surface area contributed by atoms with Crippen LogP contribution in [-0.2, 0) is 0 Å². The molecule has 1 aliphatic carbocycles. The summed E-state index contributed by atoms with van der Waals surface area (Å²) in [5.74, 6) is 1.20. The van der Waals surface area contributed by atoms with Crippen LogP contribution in [0.25, 0.3) is 0 Å². The van der Waals surface area contributed by atoms with E-state index in [0.29, 0.717) is 5.25 Å². The Hall–Kier alpha value is -1.24. The van der Waals surface area contributed by atoms with Gasteiger partial charge in [0, 0.05) is 11.3 Å². The molecule has 94 valence electrons. The number of carbonyl (C=O) groups is 1. The Kier molecular flexibility index (Phi) is 3.88. The average molecular weight is 255 g/mol. The molecule has 0 aliphatic heterocycles.